The number of piperidine rings is 3. The fraction of sp³-hybridized carbons (Fsp3) is 0.689. The molecule has 12 heterocycles. The van der Waals surface area contributed by atoms with Crippen LogP contribution >= 0.6 is 0 Å². The van der Waals surface area contributed by atoms with Crippen molar-refractivity contribution in [3.63, 3.8) is 0 Å². The van der Waals surface area contributed by atoms with E-state index in [1.54, 1.807) is 5.70 Å². The lowest BCUT2D eigenvalue weighted by molar-refractivity contribution is -0.271. The highest BCUT2D eigenvalue weighted by Gasteiger charge is 2.91. The minimum atomic E-state index is -0.922. The van der Waals surface area contributed by atoms with E-state index in [1.165, 1.54) is 57.3 Å². The Balaban J connectivity index is 1.17. The number of allylic oxidation sites excluding steroid dienone is 2. The van der Waals surface area contributed by atoms with Crippen LogP contribution in [0.4, 0.5) is 0 Å². The van der Waals surface area contributed by atoms with Gasteiger partial charge in [-0.05, 0) is 118 Å². The van der Waals surface area contributed by atoms with Crippen molar-refractivity contribution in [3.8, 4) is 0 Å². The largest absolute Gasteiger partial charge is 0.449 e. The second kappa shape index (κ2) is 11.3. The van der Waals surface area contributed by atoms with E-state index >= 15 is 4.79 Å². The minimum Gasteiger partial charge on any atom is -0.449 e. The maximum absolute atomic E-state index is 15.1. The van der Waals surface area contributed by atoms with Gasteiger partial charge in [-0.1, -0.05) is 62.6 Å². The van der Waals surface area contributed by atoms with Crippen molar-refractivity contribution < 1.29 is 19.1 Å². The predicted molar refractivity (Wildman–Crippen MR) is 199 cm³/mol. The van der Waals surface area contributed by atoms with E-state index in [0.29, 0.717) is 48.2 Å². The number of hydrogen-bond donors (Lipinski definition) is 1. The summed E-state index contributed by atoms with van der Waals surface area (Å²) in [5.74, 6) is 3.72. The van der Waals surface area contributed by atoms with Crippen LogP contribution in [0.15, 0.2) is 53.5 Å². The highest BCUT2D eigenvalue weighted by molar-refractivity contribution is 5.99. The quantitative estimate of drug-likeness (QED) is 0.255. The molecular weight excluding hydrogens is 647 g/mol. The first-order valence-electron chi connectivity index (χ1n) is 21.3. The van der Waals surface area contributed by atoms with Crippen LogP contribution in [-0.4, -0.2) is 60.0 Å². The standard InChI is InChI=1S/C45H57N3O4/c1-3-7-37-43-22-30-15-16-44(43,45(37)34-11-4-8-28(10-6-17-46)39(34)41(49)52-45)38(51-42(43)50)21-31-20-29-9-5-12-35(31)48-24-27-19-32(40(29)48)25-47(23-27)36-14-13-26(2)18-33(30)36/h4,8,11,14,21-22,26-27,29,31-33,35,37,40H,3,5-7,9-10,12-13,15-20,23-25,46H2,1-2H3/b38-21-/t26-,27+,29+,31-,32-,33-,35-,37+,40-,43+,44-,45-/m1/s1. The number of esters is 2. The number of rotatable bonds is 5. The molecular formula is C45H57N3O4. The summed E-state index contributed by atoms with van der Waals surface area (Å²) in [4.78, 5) is 35.4. The first-order valence-corrected chi connectivity index (χ1v) is 21.3. The van der Waals surface area contributed by atoms with Crippen molar-refractivity contribution in [3.05, 3.63) is 70.1 Å². The zero-order valence-corrected chi connectivity index (χ0v) is 31.3. The molecule has 12 aliphatic heterocycles. The van der Waals surface area contributed by atoms with E-state index in [4.69, 9.17) is 15.2 Å². The van der Waals surface area contributed by atoms with Gasteiger partial charge in [0.2, 0.25) is 0 Å². The summed E-state index contributed by atoms with van der Waals surface area (Å²) in [6, 6.07) is 7.50. The topological polar surface area (TPSA) is 85.1 Å². The molecule has 13 atom stereocenters. The van der Waals surface area contributed by atoms with E-state index in [-0.39, 0.29) is 17.9 Å². The van der Waals surface area contributed by atoms with Crippen LogP contribution in [0.3, 0.4) is 0 Å². The van der Waals surface area contributed by atoms with Gasteiger partial charge in [0.15, 0.2) is 5.60 Å². The number of benzene rings is 1. The van der Waals surface area contributed by atoms with Gasteiger partial charge < -0.3 is 20.1 Å². The van der Waals surface area contributed by atoms with Crippen LogP contribution in [0.1, 0.15) is 112 Å². The van der Waals surface area contributed by atoms with Crippen molar-refractivity contribution in [2.75, 3.05) is 26.2 Å². The molecule has 0 amide bonds. The molecule has 16 aliphatic rings. The Morgan fingerprint density at radius 2 is 1.96 bits per heavy atom. The molecule has 7 heteroatoms. The Morgan fingerprint density at radius 3 is 2.83 bits per heavy atom. The average Bonchev–Trinajstić information content (AvgIpc) is 3.36. The van der Waals surface area contributed by atoms with E-state index in [0.717, 1.165) is 79.7 Å². The Morgan fingerprint density at radius 1 is 1.06 bits per heavy atom. The summed E-state index contributed by atoms with van der Waals surface area (Å²) >= 11 is 0. The van der Waals surface area contributed by atoms with Gasteiger partial charge in [-0.3, -0.25) is 9.69 Å². The number of fused-ring (bicyclic) bond motifs is 4. The first kappa shape index (κ1) is 32.5. The monoisotopic (exact) mass is 703 g/mol. The SMILES string of the molecule is CCC[C@@H]1[C@@]2(OC(=O)c3c(CCCN)cccc32)[C@@]23CCC4=C[C@@]12C(=O)O/C3=C\[C@H]1C[C@@H]2CCC[C@H]1N1C[C@H]3C[C@H](CN(C3)C3=CC[C@@H](C)C[C@H]43)[C@@H]21. The molecule has 2 N–H and O–H groups in total. The molecule has 0 radical (unpaired) electrons. The average molecular weight is 704 g/mol. The second-order valence-corrected chi connectivity index (χ2v) is 19.0. The van der Waals surface area contributed by atoms with E-state index in [2.05, 4.69) is 60.1 Å². The Kier molecular flexibility index (Phi) is 7.08. The third-order valence-electron chi connectivity index (χ3n) is 16.6. The van der Waals surface area contributed by atoms with Crippen molar-refractivity contribution >= 4 is 11.9 Å². The van der Waals surface area contributed by atoms with Crippen LogP contribution in [0, 0.1) is 52.3 Å². The fourth-order valence-corrected chi connectivity index (χ4v) is 15.1. The van der Waals surface area contributed by atoms with Gasteiger partial charge >= 0.3 is 11.9 Å². The molecule has 2 spiro atoms. The van der Waals surface area contributed by atoms with Crippen LogP contribution < -0.4 is 5.73 Å². The summed E-state index contributed by atoms with van der Waals surface area (Å²) in [5, 5.41) is 0. The molecule has 12 bridgehead atoms. The fourth-order valence-electron chi connectivity index (χ4n) is 15.1. The van der Waals surface area contributed by atoms with Gasteiger partial charge in [0.25, 0.3) is 0 Å². The summed E-state index contributed by atoms with van der Waals surface area (Å²) in [6.45, 7) is 8.77. The molecule has 5 saturated heterocycles. The third kappa shape index (κ3) is 3.86. The lowest BCUT2D eigenvalue weighted by Gasteiger charge is -2.69. The van der Waals surface area contributed by atoms with Crippen molar-refractivity contribution in [1.82, 2.24) is 9.80 Å². The van der Waals surface area contributed by atoms with Crippen LogP contribution in [-0.2, 0) is 26.3 Å². The predicted octanol–water partition coefficient (Wildman–Crippen LogP) is 7.26. The number of nitrogens with two attached hydrogens (primary N) is 1. The minimum absolute atomic E-state index is 0.0935. The number of aryl methyl sites for hydroxylation is 1. The van der Waals surface area contributed by atoms with Crippen molar-refractivity contribution in [2.24, 2.45) is 58.0 Å². The van der Waals surface area contributed by atoms with Gasteiger partial charge in [0.1, 0.15) is 11.2 Å². The van der Waals surface area contributed by atoms with Gasteiger partial charge in [-0.15, -0.1) is 0 Å². The zero-order chi connectivity index (χ0) is 35.1. The molecule has 7 fully saturated rings. The lowest BCUT2D eigenvalue weighted by atomic mass is 9.31. The molecule has 0 aromatic heterocycles. The number of carbonyl (C=O) groups is 2. The number of ether oxygens (including phenoxy) is 2. The highest BCUT2D eigenvalue weighted by Crippen LogP contribution is 2.84. The zero-order valence-electron chi connectivity index (χ0n) is 31.3. The second-order valence-electron chi connectivity index (χ2n) is 19.0. The Bertz CT molecular complexity index is 1830. The third-order valence-corrected chi connectivity index (χ3v) is 16.6. The van der Waals surface area contributed by atoms with Crippen molar-refractivity contribution in [2.45, 2.75) is 115 Å². The smallest absolute Gasteiger partial charge is 0.339 e. The van der Waals surface area contributed by atoms with E-state index < -0.39 is 16.4 Å². The lowest BCUT2D eigenvalue weighted by Crippen LogP contribution is -2.75. The molecule has 52 heavy (non-hydrogen) atoms. The molecule has 1 aromatic rings. The number of carbonyl (C=O) groups excluding carboxylic acids is 2. The van der Waals surface area contributed by atoms with Crippen LogP contribution in [0.25, 0.3) is 0 Å². The van der Waals surface area contributed by atoms with E-state index in [9.17, 15) is 4.79 Å². The van der Waals surface area contributed by atoms with Gasteiger partial charge in [-0.2, -0.15) is 0 Å². The highest BCUT2D eigenvalue weighted by atomic mass is 16.6. The van der Waals surface area contributed by atoms with Crippen molar-refractivity contribution in [1.29, 1.82) is 0 Å². The summed E-state index contributed by atoms with van der Waals surface area (Å²) in [7, 11) is 0. The van der Waals surface area contributed by atoms with Gasteiger partial charge in [0, 0.05) is 54.8 Å². The van der Waals surface area contributed by atoms with Crippen LogP contribution in [0.2, 0.25) is 0 Å². The van der Waals surface area contributed by atoms with E-state index in [1.807, 2.05) is 0 Å². The molecule has 4 aliphatic carbocycles. The molecule has 276 valence electrons. The maximum atomic E-state index is 15.1. The number of hydrogen-bond acceptors (Lipinski definition) is 7. The Labute approximate surface area is 309 Å². The molecule has 1 aromatic carbocycles. The molecule has 17 rings (SSSR count). The summed E-state index contributed by atoms with van der Waals surface area (Å²) in [6.07, 6.45) is 21.1. The van der Waals surface area contributed by atoms with Gasteiger partial charge in [-0.25, -0.2) is 4.79 Å². The maximum Gasteiger partial charge on any atom is 0.339 e. The van der Waals surface area contributed by atoms with Gasteiger partial charge in [0.05, 0.1) is 11.0 Å². The molecule has 7 nitrogen and oxygen atoms in total. The molecule has 1 unspecified atom stereocenters. The summed E-state index contributed by atoms with van der Waals surface area (Å²) < 4.78 is 13.9. The first-order chi connectivity index (χ1) is 25.3. The van der Waals surface area contributed by atoms with Crippen LogP contribution in [0.5, 0.6) is 0 Å². The molecule has 2 saturated carbocycles. The number of nitrogens with zero attached hydrogens (tertiary/aromatic N) is 2. The normalized spacial score (nSPS) is 47.0. The Hall–Kier alpha value is -2.90. The summed E-state index contributed by atoms with van der Waals surface area (Å²) in [5.41, 5.74) is 9.23.